The zero-order valence-corrected chi connectivity index (χ0v) is 13.7. The van der Waals surface area contributed by atoms with Gasteiger partial charge in [0.05, 0.1) is 5.60 Å². The van der Waals surface area contributed by atoms with Crippen molar-refractivity contribution in [1.82, 2.24) is 10.2 Å². The van der Waals surface area contributed by atoms with E-state index in [-0.39, 0.29) is 11.9 Å². The summed E-state index contributed by atoms with van der Waals surface area (Å²) < 4.78 is 0. The molecule has 0 radical (unpaired) electrons. The largest absolute Gasteiger partial charge is 0.389 e. The van der Waals surface area contributed by atoms with Crippen molar-refractivity contribution in [2.24, 2.45) is 5.92 Å². The molecule has 2 aliphatic rings. The Bertz CT molecular complexity index is 338. The fourth-order valence-corrected chi connectivity index (χ4v) is 3.72. The maximum Gasteiger partial charge on any atom is 0.220 e. The molecule has 1 saturated heterocycles. The second-order valence-electron chi connectivity index (χ2n) is 7.30. The van der Waals surface area contributed by atoms with E-state index in [0.29, 0.717) is 6.42 Å². The number of amides is 1. The summed E-state index contributed by atoms with van der Waals surface area (Å²) in [7, 11) is 0. The lowest BCUT2D eigenvalue weighted by atomic mass is 9.79. The Labute approximate surface area is 129 Å². The predicted octanol–water partition coefficient (Wildman–Crippen LogP) is 2.31. The zero-order valence-electron chi connectivity index (χ0n) is 13.7. The minimum Gasteiger partial charge on any atom is -0.389 e. The maximum absolute atomic E-state index is 11.7. The maximum atomic E-state index is 11.7. The van der Waals surface area contributed by atoms with Crippen LogP contribution < -0.4 is 5.32 Å². The van der Waals surface area contributed by atoms with Gasteiger partial charge >= 0.3 is 0 Å². The van der Waals surface area contributed by atoms with E-state index in [0.717, 1.165) is 70.5 Å². The van der Waals surface area contributed by atoms with E-state index in [1.165, 1.54) is 0 Å². The molecule has 0 spiro atoms. The first kappa shape index (κ1) is 16.8. The van der Waals surface area contributed by atoms with Gasteiger partial charge in [0.25, 0.3) is 0 Å². The van der Waals surface area contributed by atoms with Gasteiger partial charge in [-0.15, -0.1) is 0 Å². The highest BCUT2D eigenvalue weighted by molar-refractivity contribution is 5.76. The van der Waals surface area contributed by atoms with Crippen molar-refractivity contribution in [3.8, 4) is 0 Å². The molecular formula is C17H32N2O2. The first-order valence-corrected chi connectivity index (χ1v) is 8.75. The third-order valence-electron chi connectivity index (χ3n) is 5.07. The molecule has 4 heteroatoms. The van der Waals surface area contributed by atoms with Gasteiger partial charge in [0.1, 0.15) is 0 Å². The standard InChI is InChI=1S/C17H32N2O2/c1-3-5-16(20)18-15-6-4-11-19(12-15)13-17(21)9-7-14(2)8-10-17/h14-15,21H,3-13H2,1-2H3,(H,18,20). The highest BCUT2D eigenvalue weighted by Crippen LogP contribution is 2.32. The number of nitrogens with zero attached hydrogens (tertiary/aromatic N) is 1. The van der Waals surface area contributed by atoms with Gasteiger partial charge in [-0.2, -0.15) is 0 Å². The Balaban J connectivity index is 1.79. The van der Waals surface area contributed by atoms with E-state index < -0.39 is 5.60 Å². The van der Waals surface area contributed by atoms with Gasteiger partial charge in [0.2, 0.25) is 5.91 Å². The lowest BCUT2D eigenvalue weighted by Gasteiger charge is -2.41. The first-order valence-electron chi connectivity index (χ1n) is 8.75. The average molecular weight is 296 g/mol. The summed E-state index contributed by atoms with van der Waals surface area (Å²) in [6, 6.07) is 0.268. The lowest BCUT2D eigenvalue weighted by molar-refractivity contribution is -0.122. The van der Waals surface area contributed by atoms with Gasteiger partial charge in [-0.25, -0.2) is 0 Å². The van der Waals surface area contributed by atoms with Gasteiger partial charge in [-0.3, -0.25) is 9.69 Å². The molecule has 0 aromatic heterocycles. The fraction of sp³-hybridized carbons (Fsp3) is 0.941. The van der Waals surface area contributed by atoms with Gasteiger partial charge in [0.15, 0.2) is 0 Å². The molecule has 21 heavy (non-hydrogen) atoms. The van der Waals surface area contributed by atoms with Crippen molar-refractivity contribution < 1.29 is 9.90 Å². The second-order valence-corrected chi connectivity index (χ2v) is 7.30. The quantitative estimate of drug-likeness (QED) is 0.818. The Morgan fingerprint density at radius 1 is 1.33 bits per heavy atom. The minimum absolute atomic E-state index is 0.176. The fourth-order valence-electron chi connectivity index (χ4n) is 3.72. The molecule has 122 valence electrons. The Morgan fingerprint density at radius 2 is 2.05 bits per heavy atom. The van der Waals surface area contributed by atoms with E-state index in [4.69, 9.17) is 0 Å². The highest BCUT2D eigenvalue weighted by Gasteiger charge is 2.35. The van der Waals surface area contributed by atoms with Crippen LogP contribution in [0.5, 0.6) is 0 Å². The van der Waals surface area contributed by atoms with Crippen molar-refractivity contribution in [2.75, 3.05) is 19.6 Å². The lowest BCUT2D eigenvalue weighted by Crippen LogP contribution is -2.53. The van der Waals surface area contributed by atoms with Crippen LogP contribution in [0.15, 0.2) is 0 Å². The molecule has 0 aromatic carbocycles. The van der Waals surface area contributed by atoms with Gasteiger partial charge < -0.3 is 10.4 Å². The number of hydrogen-bond donors (Lipinski definition) is 2. The molecule has 1 heterocycles. The van der Waals surface area contributed by atoms with E-state index >= 15 is 0 Å². The van der Waals surface area contributed by atoms with Crippen molar-refractivity contribution in [3.05, 3.63) is 0 Å². The molecule has 1 saturated carbocycles. The number of piperidine rings is 1. The molecule has 0 aromatic rings. The molecule has 1 atom stereocenters. The van der Waals surface area contributed by atoms with Crippen LogP contribution in [0, 0.1) is 5.92 Å². The van der Waals surface area contributed by atoms with Crippen LogP contribution in [-0.2, 0) is 4.79 Å². The SMILES string of the molecule is CCCC(=O)NC1CCCN(CC2(O)CCC(C)CC2)C1. The van der Waals surface area contributed by atoms with Crippen LogP contribution in [0.3, 0.4) is 0 Å². The smallest absolute Gasteiger partial charge is 0.220 e. The second kappa shape index (κ2) is 7.59. The number of carbonyl (C=O) groups is 1. The zero-order chi connectivity index (χ0) is 15.3. The molecule has 4 nitrogen and oxygen atoms in total. The van der Waals surface area contributed by atoms with Crippen molar-refractivity contribution in [3.63, 3.8) is 0 Å². The van der Waals surface area contributed by atoms with Gasteiger partial charge in [0, 0.05) is 25.6 Å². The number of hydrogen-bond acceptors (Lipinski definition) is 3. The molecular weight excluding hydrogens is 264 g/mol. The summed E-state index contributed by atoms with van der Waals surface area (Å²) in [6.07, 6.45) is 7.85. The molecule has 2 N–H and O–H groups in total. The van der Waals surface area contributed by atoms with Crippen LogP contribution in [0.2, 0.25) is 0 Å². The summed E-state index contributed by atoms with van der Waals surface area (Å²) in [5, 5.41) is 13.9. The highest BCUT2D eigenvalue weighted by atomic mass is 16.3. The summed E-state index contributed by atoms with van der Waals surface area (Å²) in [5.41, 5.74) is -0.498. The molecule has 1 aliphatic carbocycles. The first-order chi connectivity index (χ1) is 10.0. The summed E-state index contributed by atoms with van der Waals surface area (Å²) >= 11 is 0. The number of nitrogens with one attached hydrogen (secondary N) is 1. The van der Waals surface area contributed by atoms with Crippen LogP contribution >= 0.6 is 0 Å². The Kier molecular flexibility index (Phi) is 6.06. The van der Waals surface area contributed by atoms with Gasteiger partial charge in [-0.05, 0) is 57.4 Å². The van der Waals surface area contributed by atoms with E-state index in [9.17, 15) is 9.90 Å². The number of β-amino-alcohol motifs (C(OH)–C–C–N with tert-alkyl or cyclic N) is 1. The van der Waals surface area contributed by atoms with Crippen LogP contribution in [0.1, 0.15) is 65.2 Å². The molecule has 2 fully saturated rings. The van der Waals surface area contributed by atoms with Crippen molar-refractivity contribution in [2.45, 2.75) is 76.9 Å². The van der Waals surface area contributed by atoms with Gasteiger partial charge in [-0.1, -0.05) is 13.8 Å². The van der Waals surface area contributed by atoms with Crippen LogP contribution in [-0.4, -0.2) is 47.2 Å². The Morgan fingerprint density at radius 3 is 2.71 bits per heavy atom. The topological polar surface area (TPSA) is 52.6 Å². The number of likely N-dealkylation sites (tertiary alicyclic amines) is 1. The monoisotopic (exact) mass is 296 g/mol. The summed E-state index contributed by atoms with van der Waals surface area (Å²) in [5.74, 6) is 0.933. The number of aliphatic hydroxyl groups is 1. The molecule has 1 amide bonds. The van der Waals surface area contributed by atoms with E-state index in [2.05, 4.69) is 17.1 Å². The number of carbonyl (C=O) groups excluding carboxylic acids is 1. The molecule has 1 aliphatic heterocycles. The molecule has 2 rings (SSSR count). The summed E-state index contributed by atoms with van der Waals surface area (Å²) in [6.45, 7) is 7.04. The Hall–Kier alpha value is -0.610. The van der Waals surface area contributed by atoms with Crippen molar-refractivity contribution in [1.29, 1.82) is 0 Å². The molecule has 1 unspecified atom stereocenters. The van der Waals surface area contributed by atoms with E-state index in [1.807, 2.05) is 6.92 Å². The van der Waals surface area contributed by atoms with Crippen molar-refractivity contribution >= 4 is 5.91 Å². The molecule has 0 bridgehead atoms. The average Bonchev–Trinajstić information content (AvgIpc) is 2.43. The van der Waals surface area contributed by atoms with Crippen LogP contribution in [0.4, 0.5) is 0 Å². The minimum atomic E-state index is -0.498. The third-order valence-corrected chi connectivity index (χ3v) is 5.07. The number of rotatable bonds is 5. The normalized spacial score (nSPS) is 34.6. The van der Waals surface area contributed by atoms with Crippen LogP contribution in [0.25, 0.3) is 0 Å². The summed E-state index contributed by atoms with van der Waals surface area (Å²) in [4.78, 5) is 14.1. The van der Waals surface area contributed by atoms with E-state index in [1.54, 1.807) is 0 Å². The predicted molar refractivity (Wildman–Crippen MR) is 85.1 cm³/mol. The third kappa shape index (κ3) is 5.26.